The number of nitrogens with zero attached hydrogens (tertiary/aromatic N) is 1. The first-order chi connectivity index (χ1) is 8.28. The van der Waals surface area contributed by atoms with Crippen molar-refractivity contribution in [1.82, 2.24) is 4.90 Å². The van der Waals surface area contributed by atoms with E-state index < -0.39 is 5.60 Å². The molecule has 0 atom stereocenters. The summed E-state index contributed by atoms with van der Waals surface area (Å²) in [5, 5.41) is 0. The average molecular weight is 255 g/mol. The fourth-order valence-electron chi connectivity index (χ4n) is 2.16. The maximum Gasteiger partial charge on any atom is 0.410 e. The lowest BCUT2D eigenvalue weighted by Crippen LogP contribution is -2.55. The molecule has 0 radical (unpaired) electrons. The monoisotopic (exact) mass is 255 g/mol. The van der Waals surface area contributed by atoms with Crippen molar-refractivity contribution in [3.63, 3.8) is 0 Å². The third-order valence-corrected chi connectivity index (χ3v) is 3.32. The highest BCUT2D eigenvalue weighted by Crippen LogP contribution is 2.24. The van der Waals surface area contributed by atoms with Crippen LogP contribution in [0.5, 0.6) is 0 Å². The Labute approximate surface area is 110 Å². The zero-order chi connectivity index (χ0) is 13.9. The third-order valence-electron chi connectivity index (χ3n) is 3.32. The van der Waals surface area contributed by atoms with E-state index in [1.165, 1.54) is 0 Å². The summed E-state index contributed by atoms with van der Waals surface area (Å²) in [5.41, 5.74) is -0.471. The number of hydrogen-bond acceptors (Lipinski definition) is 3. The molecule has 4 heteroatoms. The number of ether oxygens (including phenoxy) is 1. The Morgan fingerprint density at radius 1 is 1.22 bits per heavy atom. The average Bonchev–Trinajstić information content (AvgIpc) is 2.14. The van der Waals surface area contributed by atoms with Crippen LogP contribution in [0.2, 0.25) is 0 Å². The molecule has 0 aromatic heterocycles. The van der Waals surface area contributed by atoms with Gasteiger partial charge in [0.05, 0.1) is 5.92 Å². The number of carbonyl (C=O) groups is 2. The van der Waals surface area contributed by atoms with E-state index >= 15 is 0 Å². The number of rotatable bonds is 4. The van der Waals surface area contributed by atoms with Crippen LogP contribution < -0.4 is 0 Å². The number of ketones is 1. The van der Waals surface area contributed by atoms with Gasteiger partial charge in [0.25, 0.3) is 0 Å². The highest BCUT2D eigenvalue weighted by Gasteiger charge is 2.39. The number of carbonyl (C=O) groups excluding carboxylic acids is 2. The van der Waals surface area contributed by atoms with Crippen LogP contribution in [0.3, 0.4) is 0 Å². The lowest BCUT2D eigenvalue weighted by atomic mass is 9.85. The Bertz CT molecular complexity index is 309. The predicted octanol–water partition coefficient (Wildman–Crippen LogP) is 2.86. The zero-order valence-corrected chi connectivity index (χ0v) is 12.2. The van der Waals surface area contributed by atoms with Crippen molar-refractivity contribution in [3.8, 4) is 0 Å². The van der Waals surface area contributed by atoms with Gasteiger partial charge in [-0.25, -0.2) is 4.79 Å². The van der Waals surface area contributed by atoms with E-state index in [1.807, 2.05) is 34.6 Å². The maximum atomic E-state index is 12.1. The van der Waals surface area contributed by atoms with Crippen LogP contribution in [0, 0.1) is 11.8 Å². The molecule has 0 bridgehead atoms. The zero-order valence-electron chi connectivity index (χ0n) is 12.2. The van der Waals surface area contributed by atoms with Gasteiger partial charge in [0.2, 0.25) is 0 Å². The minimum Gasteiger partial charge on any atom is -0.444 e. The summed E-state index contributed by atoms with van der Waals surface area (Å²) in [7, 11) is 0. The molecule has 0 unspecified atom stereocenters. The van der Waals surface area contributed by atoms with Crippen molar-refractivity contribution in [1.29, 1.82) is 0 Å². The molecule has 104 valence electrons. The Kier molecular flexibility index (Phi) is 4.77. The van der Waals surface area contributed by atoms with Gasteiger partial charge in [-0.05, 0) is 33.6 Å². The highest BCUT2D eigenvalue weighted by atomic mass is 16.6. The molecule has 1 aliphatic rings. The molecule has 1 fully saturated rings. The smallest absolute Gasteiger partial charge is 0.410 e. The second kappa shape index (κ2) is 5.72. The molecular weight excluding hydrogens is 230 g/mol. The van der Waals surface area contributed by atoms with Gasteiger partial charge in [-0.3, -0.25) is 4.79 Å². The molecular formula is C14H25NO3. The van der Waals surface area contributed by atoms with Crippen LogP contribution in [-0.2, 0) is 9.53 Å². The molecule has 0 aromatic rings. The molecule has 4 nitrogen and oxygen atoms in total. The van der Waals surface area contributed by atoms with Gasteiger partial charge in [-0.1, -0.05) is 13.8 Å². The summed E-state index contributed by atoms with van der Waals surface area (Å²) < 4.78 is 5.26. The molecule has 0 N–H and O–H groups in total. The van der Waals surface area contributed by atoms with E-state index in [4.69, 9.17) is 4.74 Å². The number of hydrogen-bond donors (Lipinski definition) is 0. The summed E-state index contributed by atoms with van der Waals surface area (Å²) in [5.74, 6) is 0.470. The first-order valence-corrected chi connectivity index (χ1v) is 6.80. The Morgan fingerprint density at radius 3 is 2.11 bits per heavy atom. The minimum absolute atomic E-state index is 0.0161. The lowest BCUT2D eigenvalue weighted by Gasteiger charge is -2.40. The van der Waals surface area contributed by atoms with E-state index in [1.54, 1.807) is 4.90 Å². The molecule has 0 aromatic carbocycles. The van der Waals surface area contributed by atoms with E-state index in [0.717, 1.165) is 12.8 Å². The van der Waals surface area contributed by atoms with Crippen LogP contribution >= 0.6 is 0 Å². The van der Waals surface area contributed by atoms with Crippen LogP contribution in [0.1, 0.15) is 47.5 Å². The lowest BCUT2D eigenvalue weighted by molar-refractivity contribution is -0.131. The van der Waals surface area contributed by atoms with Crippen LogP contribution in [0.15, 0.2) is 0 Å². The maximum absolute atomic E-state index is 12.1. The van der Waals surface area contributed by atoms with Crippen LogP contribution in [0.25, 0.3) is 0 Å². The highest BCUT2D eigenvalue weighted by molar-refractivity contribution is 5.86. The van der Waals surface area contributed by atoms with Crippen molar-refractivity contribution in [2.24, 2.45) is 11.8 Å². The molecule has 0 aliphatic carbocycles. The van der Waals surface area contributed by atoms with Crippen LogP contribution in [-0.4, -0.2) is 35.5 Å². The summed E-state index contributed by atoms with van der Waals surface area (Å²) in [6, 6.07) is 0. The first-order valence-electron chi connectivity index (χ1n) is 6.80. The molecule has 18 heavy (non-hydrogen) atoms. The fourth-order valence-corrected chi connectivity index (χ4v) is 2.16. The van der Waals surface area contributed by atoms with Crippen molar-refractivity contribution in [3.05, 3.63) is 0 Å². The fraction of sp³-hybridized carbons (Fsp3) is 0.857. The van der Waals surface area contributed by atoms with Gasteiger partial charge < -0.3 is 9.64 Å². The quantitative estimate of drug-likeness (QED) is 0.776. The topological polar surface area (TPSA) is 46.6 Å². The van der Waals surface area contributed by atoms with Crippen molar-refractivity contribution in [2.75, 3.05) is 13.1 Å². The van der Waals surface area contributed by atoms with Crippen LogP contribution in [0.4, 0.5) is 4.79 Å². The predicted molar refractivity (Wildman–Crippen MR) is 70.4 cm³/mol. The van der Waals surface area contributed by atoms with Gasteiger partial charge >= 0.3 is 6.09 Å². The number of amides is 1. The Balaban J connectivity index is 2.40. The van der Waals surface area contributed by atoms with Gasteiger partial charge in [0.15, 0.2) is 0 Å². The third kappa shape index (κ3) is 3.72. The molecule has 1 saturated heterocycles. The molecule has 0 saturated carbocycles. The molecule has 0 spiro atoms. The summed E-state index contributed by atoms with van der Waals surface area (Å²) in [4.78, 5) is 25.4. The normalized spacial score (nSPS) is 16.7. The second-order valence-electron chi connectivity index (χ2n) is 6.00. The van der Waals surface area contributed by atoms with Gasteiger partial charge in [0.1, 0.15) is 11.4 Å². The summed E-state index contributed by atoms with van der Waals surface area (Å²) >= 11 is 0. The standard InChI is InChI=1S/C14H25NO3/c1-6-10(7-2)12(16)11-8-15(9-11)13(17)18-14(3,4)5/h10-11H,6-9H2,1-5H3. The van der Waals surface area contributed by atoms with Crippen molar-refractivity contribution in [2.45, 2.75) is 53.1 Å². The molecule has 1 aliphatic heterocycles. The molecule has 1 heterocycles. The number of likely N-dealkylation sites (tertiary alicyclic amines) is 1. The van der Waals surface area contributed by atoms with Crippen molar-refractivity contribution < 1.29 is 14.3 Å². The van der Waals surface area contributed by atoms with E-state index in [2.05, 4.69) is 0 Å². The van der Waals surface area contributed by atoms with Gasteiger partial charge in [0, 0.05) is 19.0 Å². The Hall–Kier alpha value is -1.06. The van der Waals surface area contributed by atoms with Gasteiger partial charge in [-0.2, -0.15) is 0 Å². The second-order valence-corrected chi connectivity index (χ2v) is 6.00. The summed E-state index contributed by atoms with van der Waals surface area (Å²) in [6.07, 6.45) is 1.47. The number of Topliss-reactive ketones (excluding diaryl/α,β-unsaturated/α-hetero) is 1. The summed E-state index contributed by atoms with van der Waals surface area (Å²) in [6.45, 7) is 10.6. The minimum atomic E-state index is -0.471. The van der Waals surface area contributed by atoms with E-state index in [9.17, 15) is 9.59 Å². The Morgan fingerprint density at radius 2 is 1.72 bits per heavy atom. The largest absolute Gasteiger partial charge is 0.444 e. The van der Waals surface area contributed by atoms with E-state index in [-0.39, 0.29) is 17.9 Å². The SMILES string of the molecule is CCC(CC)C(=O)C1CN(C(=O)OC(C)(C)C)C1. The molecule has 1 amide bonds. The molecule has 1 rings (SSSR count). The van der Waals surface area contributed by atoms with Gasteiger partial charge in [-0.15, -0.1) is 0 Å². The van der Waals surface area contributed by atoms with Crippen molar-refractivity contribution >= 4 is 11.9 Å². The van der Waals surface area contributed by atoms with E-state index in [0.29, 0.717) is 18.9 Å². The first kappa shape index (κ1) is 15.0.